The first-order valence-corrected chi connectivity index (χ1v) is 9.48. The second-order valence-electron chi connectivity index (χ2n) is 6.28. The second-order valence-corrected chi connectivity index (χ2v) is 7.44. The number of aromatic nitrogens is 3. The number of nitrogens with zero attached hydrogens (tertiary/aromatic N) is 4. The number of hydrogen-bond donors (Lipinski definition) is 0. The van der Waals surface area contributed by atoms with Gasteiger partial charge in [0.2, 0.25) is 5.16 Å². The molecule has 2 aromatic carbocycles. The third-order valence-corrected chi connectivity index (χ3v) is 5.75. The molecule has 0 bridgehead atoms. The number of nitriles is 1. The first kappa shape index (κ1) is 18.9. The molecule has 1 aliphatic heterocycles. The number of thioether (sulfide) groups is 1. The highest BCUT2D eigenvalue weighted by Gasteiger charge is 2.57. The van der Waals surface area contributed by atoms with Crippen LogP contribution in [0, 0.1) is 22.3 Å². The van der Waals surface area contributed by atoms with Crippen LogP contribution in [-0.4, -0.2) is 21.4 Å². The molecule has 0 N–H and O–H groups in total. The van der Waals surface area contributed by atoms with Crippen molar-refractivity contribution in [1.82, 2.24) is 14.8 Å². The topological polar surface area (TPSA) is 63.7 Å². The van der Waals surface area contributed by atoms with Crippen molar-refractivity contribution in [2.45, 2.75) is 16.7 Å². The lowest BCUT2D eigenvalue weighted by Gasteiger charge is -2.48. The summed E-state index contributed by atoms with van der Waals surface area (Å²) in [6.45, 7) is 0.263. The van der Waals surface area contributed by atoms with E-state index in [-0.39, 0.29) is 23.9 Å². The summed E-state index contributed by atoms with van der Waals surface area (Å²) in [5.74, 6) is -1.66. The average Bonchev–Trinajstić information content (AvgIpc) is 2.99. The smallest absolute Gasteiger partial charge is 0.201 e. The molecule has 0 amide bonds. The van der Waals surface area contributed by atoms with Gasteiger partial charge in [0.05, 0.1) is 6.61 Å². The number of ether oxygens (including phenoxy) is 1. The molecule has 2 heterocycles. The maximum absolute atomic E-state index is 14.8. The van der Waals surface area contributed by atoms with Gasteiger partial charge in [-0.2, -0.15) is 10.4 Å². The molecule has 0 spiro atoms. The van der Waals surface area contributed by atoms with Crippen molar-refractivity contribution in [2.24, 2.45) is 7.05 Å². The fraction of sp³-hybridized carbons (Fsp3) is 0.211. The maximum Gasteiger partial charge on any atom is 0.201 e. The molecule has 9 heteroatoms. The molecule has 1 aromatic heterocycles. The zero-order valence-electron chi connectivity index (χ0n) is 14.6. The van der Waals surface area contributed by atoms with Crippen LogP contribution in [0.2, 0.25) is 5.02 Å². The predicted octanol–water partition coefficient (Wildman–Crippen LogP) is 4.38. The van der Waals surface area contributed by atoms with Crippen LogP contribution in [0.25, 0.3) is 0 Å². The Bertz CT molecular complexity index is 1100. The average molecular weight is 419 g/mol. The summed E-state index contributed by atoms with van der Waals surface area (Å²) in [6, 6.07) is 10.5. The van der Waals surface area contributed by atoms with Crippen LogP contribution >= 0.6 is 23.4 Å². The highest BCUT2D eigenvalue weighted by atomic mass is 35.5. The third kappa shape index (κ3) is 2.87. The van der Waals surface area contributed by atoms with Crippen LogP contribution in [0.15, 0.2) is 47.6 Å². The number of benzene rings is 2. The largest absolute Gasteiger partial charge is 0.360 e. The van der Waals surface area contributed by atoms with Crippen LogP contribution in [0.1, 0.15) is 22.9 Å². The quantitative estimate of drug-likeness (QED) is 0.465. The van der Waals surface area contributed by atoms with E-state index in [0.717, 1.165) is 23.4 Å². The lowest BCUT2D eigenvalue weighted by atomic mass is 9.72. The molecule has 2 atom stereocenters. The molecule has 0 radical (unpaired) electrons. The molecule has 1 aliphatic rings. The molecule has 0 unspecified atom stereocenters. The minimum atomic E-state index is -1.38. The summed E-state index contributed by atoms with van der Waals surface area (Å²) >= 11 is 7.22. The molecule has 28 heavy (non-hydrogen) atoms. The minimum Gasteiger partial charge on any atom is -0.360 e. The minimum absolute atomic E-state index is 0.115. The molecule has 1 fully saturated rings. The van der Waals surface area contributed by atoms with Crippen molar-refractivity contribution in [2.75, 3.05) is 6.61 Å². The molecular formula is C19H13ClF2N4OS. The summed E-state index contributed by atoms with van der Waals surface area (Å²) in [4.78, 5) is 4.40. The lowest BCUT2D eigenvalue weighted by molar-refractivity contribution is -0.156. The van der Waals surface area contributed by atoms with Crippen LogP contribution in [-0.2, 0) is 17.4 Å². The summed E-state index contributed by atoms with van der Waals surface area (Å²) in [6.07, 6.45) is 0. The number of aryl methyl sites for hydroxylation is 1. The Hall–Kier alpha value is -2.47. The van der Waals surface area contributed by atoms with Gasteiger partial charge in [-0.1, -0.05) is 29.8 Å². The van der Waals surface area contributed by atoms with E-state index in [0.29, 0.717) is 10.2 Å². The Balaban J connectivity index is 1.93. The fourth-order valence-electron chi connectivity index (χ4n) is 3.45. The molecular weight excluding hydrogens is 406 g/mol. The standard InChI is InChI=1S/C19H13ClF2N4OS/c1-26-18(28-10-23)24-17(25-26)19(13-7-6-11(21)8-16(13)22)14(9-27-19)12-4-2-3-5-15(12)20/h2-8,14H,9H2,1H3/t14-,19+/m1/s1. The Morgan fingerprint density at radius 3 is 2.75 bits per heavy atom. The Kier molecular flexibility index (Phi) is 4.83. The third-order valence-electron chi connectivity index (χ3n) is 4.77. The monoisotopic (exact) mass is 418 g/mol. The SMILES string of the molecule is Cn1nc([C@@]2(c3ccc(F)cc3F)OC[C@@H]2c2ccccc2Cl)nc1SC#N. The molecule has 142 valence electrons. The van der Waals surface area contributed by atoms with Crippen molar-refractivity contribution < 1.29 is 13.5 Å². The van der Waals surface area contributed by atoms with Gasteiger partial charge in [-0.15, -0.1) is 0 Å². The van der Waals surface area contributed by atoms with Crippen LogP contribution in [0.3, 0.4) is 0 Å². The van der Waals surface area contributed by atoms with E-state index in [9.17, 15) is 8.78 Å². The second kappa shape index (κ2) is 7.17. The first-order chi connectivity index (χ1) is 13.5. The predicted molar refractivity (Wildman–Crippen MR) is 99.8 cm³/mol. The van der Waals surface area contributed by atoms with Gasteiger partial charge in [0.25, 0.3) is 0 Å². The molecule has 3 aromatic rings. The van der Waals surface area contributed by atoms with E-state index in [4.69, 9.17) is 21.6 Å². The van der Waals surface area contributed by atoms with Gasteiger partial charge < -0.3 is 4.74 Å². The van der Waals surface area contributed by atoms with Crippen molar-refractivity contribution in [1.29, 1.82) is 5.26 Å². The van der Waals surface area contributed by atoms with Gasteiger partial charge in [0.1, 0.15) is 17.0 Å². The summed E-state index contributed by atoms with van der Waals surface area (Å²) in [5.41, 5.74) is -0.514. The van der Waals surface area contributed by atoms with Gasteiger partial charge in [-0.3, -0.25) is 0 Å². The first-order valence-electron chi connectivity index (χ1n) is 8.28. The van der Waals surface area contributed by atoms with Gasteiger partial charge in [-0.05, 0) is 23.8 Å². The van der Waals surface area contributed by atoms with Crippen molar-refractivity contribution in [3.63, 3.8) is 0 Å². The zero-order chi connectivity index (χ0) is 19.9. The molecule has 1 saturated heterocycles. The number of thiocyanates is 1. The number of rotatable bonds is 4. The Morgan fingerprint density at radius 1 is 1.32 bits per heavy atom. The van der Waals surface area contributed by atoms with Crippen molar-refractivity contribution >= 4 is 23.4 Å². The normalized spacial score (nSPS) is 21.2. The molecule has 4 rings (SSSR count). The Morgan fingerprint density at radius 2 is 2.11 bits per heavy atom. The molecule has 0 aliphatic carbocycles. The van der Waals surface area contributed by atoms with Crippen LogP contribution in [0.5, 0.6) is 0 Å². The zero-order valence-corrected chi connectivity index (χ0v) is 16.1. The summed E-state index contributed by atoms with van der Waals surface area (Å²) in [7, 11) is 1.63. The van der Waals surface area contributed by atoms with Gasteiger partial charge in [0.15, 0.2) is 11.4 Å². The van der Waals surface area contributed by atoms with Crippen LogP contribution in [0.4, 0.5) is 8.78 Å². The van der Waals surface area contributed by atoms with Crippen LogP contribution < -0.4 is 0 Å². The Labute approximate surface area is 168 Å². The van der Waals surface area contributed by atoms with E-state index >= 15 is 0 Å². The van der Waals surface area contributed by atoms with Gasteiger partial charge >= 0.3 is 0 Å². The fourth-order valence-corrected chi connectivity index (χ4v) is 4.11. The maximum atomic E-state index is 14.8. The highest BCUT2D eigenvalue weighted by Crippen LogP contribution is 2.54. The van der Waals surface area contributed by atoms with Gasteiger partial charge in [0, 0.05) is 41.4 Å². The highest BCUT2D eigenvalue weighted by molar-refractivity contribution is 8.03. The summed E-state index contributed by atoms with van der Waals surface area (Å²) < 4.78 is 35.7. The van der Waals surface area contributed by atoms with E-state index in [1.165, 1.54) is 16.8 Å². The van der Waals surface area contributed by atoms with E-state index in [1.807, 2.05) is 17.5 Å². The number of hydrogen-bond acceptors (Lipinski definition) is 5. The lowest BCUT2D eigenvalue weighted by Crippen LogP contribution is -2.51. The van der Waals surface area contributed by atoms with Crippen molar-refractivity contribution in [3.05, 3.63) is 76.1 Å². The van der Waals surface area contributed by atoms with E-state index < -0.39 is 17.2 Å². The molecule has 5 nitrogen and oxygen atoms in total. The van der Waals surface area contributed by atoms with Crippen molar-refractivity contribution in [3.8, 4) is 5.40 Å². The molecule has 0 saturated carbocycles. The van der Waals surface area contributed by atoms with E-state index in [2.05, 4.69) is 10.1 Å². The summed E-state index contributed by atoms with van der Waals surface area (Å²) in [5, 5.41) is 16.1. The number of halogens is 3. The van der Waals surface area contributed by atoms with E-state index in [1.54, 1.807) is 19.2 Å². The van der Waals surface area contributed by atoms with Gasteiger partial charge in [-0.25, -0.2) is 18.4 Å².